The van der Waals surface area contributed by atoms with Gasteiger partial charge in [0.1, 0.15) is 13.2 Å². The van der Waals surface area contributed by atoms with Gasteiger partial charge in [-0.2, -0.15) is 0 Å². The molecule has 0 aromatic heterocycles. The maximum absolute atomic E-state index is 5.61. The Morgan fingerprint density at radius 3 is 2.39 bits per heavy atom. The number of nitrogens with one attached hydrogen (secondary N) is 1. The molecule has 1 aliphatic heterocycles. The lowest BCUT2D eigenvalue weighted by Crippen LogP contribution is -2.19. The maximum Gasteiger partial charge on any atom is 0.163 e. The van der Waals surface area contributed by atoms with Crippen molar-refractivity contribution in [2.45, 2.75) is 44.6 Å². The van der Waals surface area contributed by atoms with Gasteiger partial charge in [-0.1, -0.05) is 25.7 Å². The van der Waals surface area contributed by atoms with Gasteiger partial charge in [0.05, 0.1) is 0 Å². The van der Waals surface area contributed by atoms with Crippen LogP contribution in [0, 0.1) is 0 Å². The zero-order valence-electron chi connectivity index (χ0n) is 10.8. The highest BCUT2D eigenvalue weighted by Crippen LogP contribution is 2.33. The Morgan fingerprint density at radius 1 is 0.889 bits per heavy atom. The Kier molecular flexibility index (Phi) is 3.58. The molecule has 1 aromatic rings. The summed E-state index contributed by atoms with van der Waals surface area (Å²) >= 11 is 0. The van der Waals surface area contributed by atoms with Crippen LogP contribution in [-0.2, 0) is 0 Å². The van der Waals surface area contributed by atoms with Crippen LogP contribution in [0.3, 0.4) is 0 Å². The molecule has 18 heavy (non-hydrogen) atoms. The van der Waals surface area contributed by atoms with Crippen molar-refractivity contribution in [3.63, 3.8) is 0 Å². The van der Waals surface area contributed by atoms with Crippen molar-refractivity contribution in [2.24, 2.45) is 0 Å². The molecule has 3 heteroatoms. The van der Waals surface area contributed by atoms with Crippen molar-refractivity contribution >= 4 is 5.69 Å². The predicted molar refractivity (Wildman–Crippen MR) is 72.5 cm³/mol. The molecule has 1 aliphatic carbocycles. The highest BCUT2D eigenvalue weighted by atomic mass is 16.6. The van der Waals surface area contributed by atoms with Gasteiger partial charge in [-0.05, 0) is 25.0 Å². The number of fused-ring (bicyclic) bond motifs is 1. The molecule has 2 aliphatic rings. The first kappa shape index (κ1) is 11.7. The fourth-order valence-electron chi connectivity index (χ4n) is 2.79. The molecule has 1 saturated carbocycles. The summed E-state index contributed by atoms with van der Waals surface area (Å²) < 4.78 is 11.1. The number of hydrogen-bond acceptors (Lipinski definition) is 3. The molecule has 0 bridgehead atoms. The third-order valence-electron chi connectivity index (χ3n) is 3.77. The molecular formula is C15H21NO2. The van der Waals surface area contributed by atoms with E-state index < -0.39 is 0 Å². The standard InChI is InChI=1S/C15H21NO2/c1-2-4-6-12(5-3-1)16-13-7-8-14-15(11-13)18-10-9-17-14/h7-8,11-12,16H,1-6,9-10H2. The van der Waals surface area contributed by atoms with Crippen LogP contribution < -0.4 is 14.8 Å². The van der Waals surface area contributed by atoms with Gasteiger partial charge in [0, 0.05) is 17.8 Å². The number of ether oxygens (including phenoxy) is 2. The Labute approximate surface area is 108 Å². The van der Waals surface area contributed by atoms with Crippen molar-refractivity contribution in [2.75, 3.05) is 18.5 Å². The topological polar surface area (TPSA) is 30.5 Å². The second-order valence-electron chi connectivity index (χ2n) is 5.19. The third kappa shape index (κ3) is 2.71. The van der Waals surface area contributed by atoms with Crippen molar-refractivity contribution in [3.05, 3.63) is 18.2 Å². The fourth-order valence-corrected chi connectivity index (χ4v) is 2.79. The van der Waals surface area contributed by atoms with Crippen LogP contribution in [0.5, 0.6) is 11.5 Å². The van der Waals surface area contributed by atoms with Gasteiger partial charge in [0.15, 0.2) is 11.5 Å². The summed E-state index contributed by atoms with van der Waals surface area (Å²) in [5.74, 6) is 1.74. The summed E-state index contributed by atoms with van der Waals surface area (Å²) in [6.45, 7) is 1.31. The van der Waals surface area contributed by atoms with E-state index in [0.717, 1.165) is 17.2 Å². The molecule has 0 amide bonds. The van der Waals surface area contributed by atoms with Gasteiger partial charge in [0.25, 0.3) is 0 Å². The summed E-state index contributed by atoms with van der Waals surface area (Å²) in [4.78, 5) is 0. The monoisotopic (exact) mass is 247 g/mol. The number of rotatable bonds is 2. The lowest BCUT2D eigenvalue weighted by molar-refractivity contribution is 0.171. The summed E-state index contributed by atoms with van der Waals surface area (Å²) in [6.07, 6.45) is 8.05. The van der Waals surface area contributed by atoms with Gasteiger partial charge < -0.3 is 14.8 Å². The molecule has 1 fully saturated rings. The van der Waals surface area contributed by atoms with Crippen LogP contribution in [0.15, 0.2) is 18.2 Å². The second kappa shape index (κ2) is 5.51. The quantitative estimate of drug-likeness (QED) is 0.810. The van der Waals surface area contributed by atoms with Crippen molar-refractivity contribution in [1.29, 1.82) is 0 Å². The summed E-state index contributed by atoms with van der Waals surface area (Å²) in [7, 11) is 0. The van der Waals surface area contributed by atoms with Crippen LogP contribution in [-0.4, -0.2) is 19.3 Å². The van der Waals surface area contributed by atoms with Crippen LogP contribution in [0.25, 0.3) is 0 Å². The fraction of sp³-hybridized carbons (Fsp3) is 0.600. The molecular weight excluding hydrogens is 226 g/mol. The molecule has 0 saturated heterocycles. The van der Waals surface area contributed by atoms with Crippen LogP contribution in [0.2, 0.25) is 0 Å². The van der Waals surface area contributed by atoms with E-state index in [2.05, 4.69) is 17.4 Å². The molecule has 1 aromatic carbocycles. The lowest BCUT2D eigenvalue weighted by Gasteiger charge is -2.21. The van der Waals surface area contributed by atoms with Gasteiger partial charge in [0.2, 0.25) is 0 Å². The van der Waals surface area contributed by atoms with Crippen molar-refractivity contribution in [3.8, 4) is 11.5 Å². The first-order chi connectivity index (χ1) is 8.92. The lowest BCUT2D eigenvalue weighted by atomic mass is 10.1. The molecule has 0 unspecified atom stereocenters. The van der Waals surface area contributed by atoms with Gasteiger partial charge in [-0.25, -0.2) is 0 Å². The number of hydrogen-bond donors (Lipinski definition) is 1. The molecule has 3 rings (SSSR count). The van der Waals surface area contributed by atoms with E-state index >= 15 is 0 Å². The van der Waals surface area contributed by atoms with E-state index in [0.29, 0.717) is 19.3 Å². The molecule has 1 N–H and O–H groups in total. The minimum Gasteiger partial charge on any atom is -0.486 e. The molecule has 0 radical (unpaired) electrons. The SMILES string of the molecule is c1cc2c(cc1NC1CCCCCC1)OCCO2. The minimum atomic E-state index is 0.620. The van der Waals surface area contributed by atoms with Crippen LogP contribution >= 0.6 is 0 Å². The third-order valence-corrected chi connectivity index (χ3v) is 3.77. The highest BCUT2D eigenvalue weighted by molar-refractivity contribution is 5.55. The molecule has 98 valence electrons. The summed E-state index contributed by atoms with van der Waals surface area (Å²) in [5, 5.41) is 3.64. The second-order valence-corrected chi connectivity index (χ2v) is 5.19. The van der Waals surface area contributed by atoms with Gasteiger partial charge in [-0.3, -0.25) is 0 Å². The molecule has 1 heterocycles. The number of benzene rings is 1. The average molecular weight is 247 g/mol. The zero-order chi connectivity index (χ0) is 12.2. The zero-order valence-corrected chi connectivity index (χ0v) is 10.8. The molecule has 0 atom stereocenters. The summed E-state index contributed by atoms with van der Waals surface area (Å²) in [5.41, 5.74) is 1.16. The average Bonchev–Trinajstić information content (AvgIpc) is 2.67. The molecule has 0 spiro atoms. The predicted octanol–water partition coefficient (Wildman–Crippen LogP) is 3.59. The van der Waals surface area contributed by atoms with E-state index in [1.54, 1.807) is 0 Å². The van der Waals surface area contributed by atoms with Crippen molar-refractivity contribution < 1.29 is 9.47 Å². The summed E-state index contributed by atoms with van der Waals surface area (Å²) in [6, 6.07) is 6.79. The first-order valence-electron chi connectivity index (χ1n) is 7.08. The van der Waals surface area contributed by atoms with E-state index in [9.17, 15) is 0 Å². The first-order valence-corrected chi connectivity index (χ1v) is 7.08. The maximum atomic E-state index is 5.61. The molecule has 3 nitrogen and oxygen atoms in total. The van der Waals surface area contributed by atoms with E-state index in [1.807, 2.05) is 6.07 Å². The van der Waals surface area contributed by atoms with Gasteiger partial charge in [-0.15, -0.1) is 0 Å². The largest absolute Gasteiger partial charge is 0.486 e. The van der Waals surface area contributed by atoms with E-state index in [1.165, 1.54) is 38.5 Å². The van der Waals surface area contributed by atoms with Crippen LogP contribution in [0.1, 0.15) is 38.5 Å². The Hall–Kier alpha value is -1.38. The number of anilines is 1. The van der Waals surface area contributed by atoms with E-state index in [-0.39, 0.29) is 0 Å². The Bertz CT molecular complexity index is 397. The smallest absolute Gasteiger partial charge is 0.163 e. The highest BCUT2D eigenvalue weighted by Gasteiger charge is 2.15. The van der Waals surface area contributed by atoms with Gasteiger partial charge >= 0.3 is 0 Å². The van der Waals surface area contributed by atoms with Crippen molar-refractivity contribution in [1.82, 2.24) is 0 Å². The Morgan fingerprint density at radius 2 is 1.61 bits per heavy atom. The minimum absolute atomic E-state index is 0.620. The van der Waals surface area contributed by atoms with E-state index in [4.69, 9.17) is 9.47 Å². The normalized spacial score (nSPS) is 20.2. The Balaban J connectivity index is 1.68. The van der Waals surface area contributed by atoms with Crippen LogP contribution in [0.4, 0.5) is 5.69 Å².